The van der Waals surface area contributed by atoms with Gasteiger partial charge in [-0.25, -0.2) is 4.98 Å². The number of anilines is 1. The monoisotopic (exact) mass is 579 g/mol. The third-order valence-electron chi connectivity index (χ3n) is 9.56. The van der Waals surface area contributed by atoms with Gasteiger partial charge in [-0.15, -0.1) is 11.3 Å². The number of aromatic nitrogens is 1. The summed E-state index contributed by atoms with van der Waals surface area (Å²) >= 11 is 1.42. The number of carbonyl (C=O) groups is 2. The lowest BCUT2D eigenvalue weighted by Gasteiger charge is -2.58. The SMILES string of the molecule is CC(C)(C)c1ccc(C(=O)Nc2nc3c(s2)C[C@@H]2[C@](C)(CO)[C@H](O)CC[C@@]2(C)[C@@H]3CC(=O)NCc2ccco2)cc1. The summed E-state index contributed by atoms with van der Waals surface area (Å²) in [6.07, 6.45) is 3.03. The van der Waals surface area contributed by atoms with Gasteiger partial charge in [0.15, 0.2) is 5.13 Å². The molecule has 41 heavy (non-hydrogen) atoms. The number of nitrogens with zero attached hydrogens (tertiary/aromatic N) is 1. The van der Waals surface area contributed by atoms with Gasteiger partial charge in [-0.05, 0) is 65.8 Å². The topological polar surface area (TPSA) is 125 Å². The molecule has 5 atom stereocenters. The van der Waals surface area contributed by atoms with E-state index in [1.807, 2.05) is 37.3 Å². The summed E-state index contributed by atoms with van der Waals surface area (Å²) in [7, 11) is 0. The van der Waals surface area contributed by atoms with Gasteiger partial charge >= 0.3 is 0 Å². The van der Waals surface area contributed by atoms with Gasteiger partial charge in [0, 0.05) is 28.2 Å². The first-order valence-electron chi connectivity index (χ1n) is 14.3. The van der Waals surface area contributed by atoms with Crippen LogP contribution in [-0.2, 0) is 23.2 Å². The molecule has 2 aliphatic rings. The highest BCUT2D eigenvalue weighted by Crippen LogP contribution is 2.62. The molecular formula is C32H41N3O5S. The van der Waals surface area contributed by atoms with E-state index in [2.05, 4.69) is 38.3 Å². The average molecular weight is 580 g/mol. The fourth-order valence-electron chi connectivity index (χ4n) is 6.85. The summed E-state index contributed by atoms with van der Waals surface area (Å²) in [4.78, 5) is 32.3. The number of hydrogen-bond donors (Lipinski definition) is 4. The molecule has 0 spiro atoms. The molecule has 0 aliphatic heterocycles. The first-order chi connectivity index (χ1) is 19.3. The minimum atomic E-state index is -0.713. The molecule has 3 aromatic rings. The van der Waals surface area contributed by atoms with Crippen molar-refractivity contribution < 1.29 is 24.2 Å². The molecule has 0 saturated heterocycles. The zero-order chi connectivity index (χ0) is 29.6. The lowest BCUT2D eigenvalue weighted by Crippen LogP contribution is -2.57. The summed E-state index contributed by atoms with van der Waals surface area (Å²) < 4.78 is 5.37. The Morgan fingerprint density at radius 1 is 1.17 bits per heavy atom. The molecule has 1 aromatic carbocycles. The van der Waals surface area contributed by atoms with E-state index in [1.54, 1.807) is 12.3 Å². The normalized spacial score (nSPS) is 27.5. The van der Waals surface area contributed by atoms with Crippen LogP contribution in [0.1, 0.15) is 92.1 Å². The zero-order valence-electron chi connectivity index (χ0n) is 24.5. The maximum Gasteiger partial charge on any atom is 0.257 e. The predicted molar refractivity (Wildman–Crippen MR) is 159 cm³/mol. The smallest absolute Gasteiger partial charge is 0.257 e. The Morgan fingerprint density at radius 2 is 1.90 bits per heavy atom. The van der Waals surface area contributed by atoms with Crippen molar-refractivity contribution in [2.24, 2.45) is 16.7 Å². The second-order valence-corrected chi connectivity index (χ2v) is 14.3. The van der Waals surface area contributed by atoms with Crippen molar-refractivity contribution in [3.05, 3.63) is 70.1 Å². The molecule has 2 aliphatic carbocycles. The average Bonchev–Trinajstić information content (AvgIpc) is 3.60. The number of nitrogens with one attached hydrogen (secondary N) is 2. The fourth-order valence-corrected chi connectivity index (χ4v) is 7.91. The Kier molecular flexibility index (Phi) is 7.91. The number of benzene rings is 1. The van der Waals surface area contributed by atoms with Crippen LogP contribution in [0, 0.1) is 16.7 Å². The number of carbonyl (C=O) groups excluding carboxylic acids is 2. The molecule has 8 nitrogen and oxygen atoms in total. The summed E-state index contributed by atoms with van der Waals surface area (Å²) in [6, 6.07) is 11.2. The van der Waals surface area contributed by atoms with E-state index >= 15 is 0 Å². The lowest BCUT2D eigenvalue weighted by atomic mass is 9.47. The zero-order valence-corrected chi connectivity index (χ0v) is 25.3. The standard InChI is InChI=1S/C32H41N3O5S/c1-30(2,3)20-10-8-19(9-11-20)28(39)35-29-34-27-22(15-26(38)33-17-21-7-6-14-40-21)31(4)13-12-25(37)32(5,18-36)24(31)16-23(27)41-29/h6-11,14,22,24-25,36-37H,12-13,15-18H2,1-5H3,(H,33,38)(H,34,35,39)/t22-,24+,25-,31+,32+/m1/s1. The van der Waals surface area contributed by atoms with Gasteiger partial charge in [0.05, 0.1) is 31.2 Å². The molecule has 0 unspecified atom stereocenters. The largest absolute Gasteiger partial charge is 0.467 e. The second kappa shape index (κ2) is 11.0. The first kappa shape index (κ1) is 29.5. The third kappa shape index (κ3) is 5.59. The Morgan fingerprint density at radius 3 is 2.54 bits per heavy atom. The van der Waals surface area contributed by atoms with E-state index in [1.165, 1.54) is 11.3 Å². The number of aliphatic hydroxyl groups excluding tert-OH is 2. The molecule has 4 N–H and O–H groups in total. The molecular weight excluding hydrogens is 538 g/mol. The van der Waals surface area contributed by atoms with Gasteiger partial charge in [0.25, 0.3) is 5.91 Å². The number of furan rings is 1. The van der Waals surface area contributed by atoms with Crippen LogP contribution in [0.15, 0.2) is 47.1 Å². The van der Waals surface area contributed by atoms with E-state index in [-0.39, 0.29) is 47.5 Å². The van der Waals surface area contributed by atoms with Crippen molar-refractivity contribution >= 4 is 28.3 Å². The number of aliphatic hydroxyl groups is 2. The predicted octanol–water partition coefficient (Wildman–Crippen LogP) is 5.41. The number of amides is 2. The highest BCUT2D eigenvalue weighted by atomic mass is 32.1. The Balaban J connectivity index is 1.43. The Hall–Kier alpha value is -3.01. The Labute approximate surface area is 245 Å². The van der Waals surface area contributed by atoms with Crippen LogP contribution in [-0.4, -0.2) is 39.7 Å². The summed E-state index contributed by atoms with van der Waals surface area (Å²) in [5, 5.41) is 27.9. The first-order valence-corrected chi connectivity index (χ1v) is 15.2. The quantitative estimate of drug-likeness (QED) is 0.297. The lowest BCUT2D eigenvalue weighted by molar-refractivity contribution is -0.144. The van der Waals surface area contributed by atoms with Crippen molar-refractivity contribution in [1.82, 2.24) is 10.3 Å². The number of hydrogen-bond acceptors (Lipinski definition) is 7. The molecule has 9 heteroatoms. The van der Waals surface area contributed by atoms with E-state index in [0.29, 0.717) is 42.3 Å². The van der Waals surface area contributed by atoms with Gasteiger partial charge in [-0.1, -0.05) is 46.8 Å². The van der Waals surface area contributed by atoms with Gasteiger partial charge in [0.1, 0.15) is 5.76 Å². The number of rotatable bonds is 7. The van der Waals surface area contributed by atoms with Crippen LogP contribution in [0.25, 0.3) is 0 Å². The molecule has 220 valence electrons. The third-order valence-corrected chi connectivity index (χ3v) is 10.6. The maximum absolute atomic E-state index is 13.3. The van der Waals surface area contributed by atoms with Crippen LogP contribution in [0.2, 0.25) is 0 Å². The van der Waals surface area contributed by atoms with Gasteiger partial charge in [-0.3, -0.25) is 14.9 Å². The van der Waals surface area contributed by atoms with Crippen LogP contribution in [0.5, 0.6) is 0 Å². The molecule has 2 heterocycles. The van der Waals surface area contributed by atoms with Crippen molar-refractivity contribution in [1.29, 1.82) is 0 Å². The fraction of sp³-hybridized carbons (Fsp3) is 0.531. The summed E-state index contributed by atoms with van der Waals surface area (Å²) in [5.74, 6) is 0.0268. The van der Waals surface area contributed by atoms with Crippen LogP contribution >= 0.6 is 11.3 Å². The minimum Gasteiger partial charge on any atom is -0.467 e. The van der Waals surface area contributed by atoms with Crippen molar-refractivity contribution in [3.63, 3.8) is 0 Å². The highest BCUT2D eigenvalue weighted by molar-refractivity contribution is 7.15. The molecule has 0 radical (unpaired) electrons. The Bertz CT molecular complexity index is 1390. The highest BCUT2D eigenvalue weighted by Gasteiger charge is 2.59. The van der Waals surface area contributed by atoms with Crippen molar-refractivity contribution in [2.45, 2.75) is 84.3 Å². The second-order valence-electron chi connectivity index (χ2n) is 13.2. The van der Waals surface area contributed by atoms with E-state index in [0.717, 1.165) is 16.1 Å². The van der Waals surface area contributed by atoms with Crippen LogP contribution in [0.4, 0.5) is 5.13 Å². The van der Waals surface area contributed by atoms with Gasteiger partial charge in [0.2, 0.25) is 5.91 Å². The van der Waals surface area contributed by atoms with Crippen molar-refractivity contribution in [2.75, 3.05) is 11.9 Å². The number of fused-ring (bicyclic) bond motifs is 2. The maximum atomic E-state index is 13.3. The van der Waals surface area contributed by atoms with Gasteiger partial charge < -0.3 is 19.9 Å². The molecule has 1 saturated carbocycles. The molecule has 2 amide bonds. The van der Waals surface area contributed by atoms with E-state index in [4.69, 9.17) is 9.40 Å². The molecule has 5 rings (SSSR count). The molecule has 0 bridgehead atoms. The van der Waals surface area contributed by atoms with Gasteiger partial charge in [-0.2, -0.15) is 0 Å². The van der Waals surface area contributed by atoms with E-state index in [9.17, 15) is 19.8 Å². The minimum absolute atomic E-state index is 0.00777. The van der Waals surface area contributed by atoms with Crippen LogP contribution < -0.4 is 10.6 Å². The summed E-state index contributed by atoms with van der Waals surface area (Å²) in [6.45, 7) is 10.7. The molecule has 2 aromatic heterocycles. The van der Waals surface area contributed by atoms with Crippen molar-refractivity contribution in [3.8, 4) is 0 Å². The summed E-state index contributed by atoms with van der Waals surface area (Å²) in [5.41, 5.74) is 1.44. The van der Waals surface area contributed by atoms with E-state index < -0.39 is 11.5 Å². The number of thiazole rings is 1. The molecule has 1 fully saturated rings. The van der Waals surface area contributed by atoms with Crippen LogP contribution in [0.3, 0.4) is 0 Å².